The zero-order valence-corrected chi connectivity index (χ0v) is 23.2. The van der Waals surface area contributed by atoms with E-state index in [1.165, 1.54) is 13.0 Å². The molecule has 4 aromatic carbocycles. The van der Waals surface area contributed by atoms with Gasteiger partial charge in [0.1, 0.15) is 16.2 Å². The number of nitrogens with zero attached hydrogens (tertiary/aromatic N) is 1. The van der Waals surface area contributed by atoms with Crippen LogP contribution in [0.1, 0.15) is 6.92 Å². The van der Waals surface area contributed by atoms with Crippen molar-refractivity contribution in [3.63, 3.8) is 0 Å². The van der Waals surface area contributed by atoms with Crippen LogP contribution in [0.4, 0.5) is 22.7 Å². The van der Waals surface area contributed by atoms with Crippen LogP contribution >= 0.6 is 0 Å². The summed E-state index contributed by atoms with van der Waals surface area (Å²) >= 11 is 0. The molecule has 1 aliphatic heterocycles. The Kier molecular flexibility index (Phi) is 7.03. The van der Waals surface area contributed by atoms with Crippen LogP contribution in [0.25, 0.3) is 33.4 Å². The molecule has 0 unspecified atom stereocenters. The fraction of sp³-hybridized carbons (Fsp3) is 0.0303. The van der Waals surface area contributed by atoms with E-state index in [0.717, 1.165) is 11.4 Å². The van der Waals surface area contributed by atoms with Gasteiger partial charge in [-0.1, -0.05) is 36.4 Å². The number of para-hydroxylation sites is 1. The number of anilines is 3. The molecule has 0 bridgehead atoms. The molecule has 6 rings (SSSR count). The summed E-state index contributed by atoms with van der Waals surface area (Å²) in [5.74, 6) is 0.326. The maximum Gasteiger partial charge on any atom is 0.295 e. The second kappa shape index (κ2) is 11.0. The predicted octanol–water partition coefficient (Wildman–Crippen LogP) is 7.39. The second-order valence-corrected chi connectivity index (χ2v) is 11.1. The zero-order valence-electron chi connectivity index (χ0n) is 22.4. The number of carbonyl (C=O) groups is 1. The second-order valence-electron chi connectivity index (χ2n) is 9.67. The number of carbonyl (C=O) groups excluding carboxylic acids is 1. The molecule has 8 nitrogen and oxygen atoms in total. The zero-order chi connectivity index (χ0) is 29.3. The fourth-order valence-electron chi connectivity index (χ4n) is 4.87. The largest absolute Gasteiger partial charge is 0.456 e. The van der Waals surface area contributed by atoms with Crippen LogP contribution in [-0.4, -0.2) is 18.9 Å². The number of amides is 1. The Morgan fingerprint density at radius 3 is 2.21 bits per heavy atom. The molecule has 4 aromatic rings. The molecule has 1 aliphatic carbocycles. The monoisotopic (exact) mass is 575 g/mol. The predicted molar refractivity (Wildman–Crippen MR) is 164 cm³/mol. The van der Waals surface area contributed by atoms with Gasteiger partial charge in [-0.25, -0.2) is 4.99 Å². The third-order valence-corrected chi connectivity index (χ3v) is 7.56. The molecule has 1 heterocycles. The minimum absolute atomic E-state index is 0.156. The van der Waals surface area contributed by atoms with Crippen molar-refractivity contribution in [2.75, 3.05) is 10.6 Å². The van der Waals surface area contributed by atoms with Gasteiger partial charge in [-0.2, -0.15) is 8.42 Å². The lowest BCUT2D eigenvalue weighted by Gasteiger charge is -2.18. The topological polar surface area (TPSA) is 121 Å². The number of fused-ring (bicyclic) bond motifs is 2. The number of hydrogen-bond acceptors (Lipinski definition) is 6. The number of hydrogen-bond donors (Lipinski definition) is 3. The third-order valence-electron chi connectivity index (χ3n) is 6.65. The maximum atomic E-state index is 12.4. The molecule has 0 radical (unpaired) electrons. The van der Waals surface area contributed by atoms with Crippen molar-refractivity contribution in [1.82, 2.24) is 0 Å². The van der Waals surface area contributed by atoms with Crippen molar-refractivity contribution in [2.24, 2.45) is 4.99 Å². The smallest absolute Gasteiger partial charge is 0.295 e. The Labute approximate surface area is 242 Å². The molecular formula is C33H25N3O5S. The van der Waals surface area contributed by atoms with Crippen molar-refractivity contribution in [1.29, 1.82) is 0 Å². The fourth-order valence-corrected chi connectivity index (χ4v) is 5.57. The standard InChI is InChI=1S/C33H25N3O5S/c1-21(37)34-23-11-13-24(14-12-23)36-26-16-18-28-31(20-26)41-30-19-25(35-22-7-3-2-4-8-22)15-17-27(30)33(28)29-9-5-6-10-32(29)42(38,39)40/h2-20,35H,1H3,(H,34,37)(H,38,39,40). The Morgan fingerprint density at radius 2 is 1.48 bits per heavy atom. The molecule has 0 atom stereocenters. The molecule has 0 fully saturated rings. The van der Waals surface area contributed by atoms with Gasteiger partial charge in [0, 0.05) is 58.2 Å². The van der Waals surface area contributed by atoms with Gasteiger partial charge >= 0.3 is 0 Å². The molecule has 0 saturated heterocycles. The van der Waals surface area contributed by atoms with E-state index in [2.05, 4.69) is 10.6 Å². The molecule has 3 N–H and O–H groups in total. The van der Waals surface area contributed by atoms with Crippen molar-refractivity contribution in [2.45, 2.75) is 11.8 Å². The minimum atomic E-state index is -4.52. The highest BCUT2D eigenvalue weighted by molar-refractivity contribution is 7.86. The summed E-state index contributed by atoms with van der Waals surface area (Å²) in [4.78, 5) is 15.8. The van der Waals surface area contributed by atoms with E-state index in [-0.39, 0.29) is 10.8 Å². The highest BCUT2D eigenvalue weighted by Gasteiger charge is 2.23. The lowest BCUT2D eigenvalue weighted by Crippen LogP contribution is -2.05. The number of benzene rings is 5. The first-order valence-corrected chi connectivity index (χ1v) is 14.5. The van der Waals surface area contributed by atoms with E-state index in [9.17, 15) is 17.8 Å². The van der Waals surface area contributed by atoms with Gasteiger partial charge in [-0.3, -0.25) is 9.35 Å². The Hall–Kier alpha value is -5.25. The first-order valence-electron chi connectivity index (χ1n) is 13.1. The molecule has 1 amide bonds. The van der Waals surface area contributed by atoms with Crippen molar-refractivity contribution < 1.29 is 22.2 Å². The molecule has 0 spiro atoms. The molecule has 9 heteroatoms. The van der Waals surface area contributed by atoms with Gasteiger partial charge in [0.05, 0.1) is 11.0 Å². The van der Waals surface area contributed by atoms with Crippen LogP contribution < -0.4 is 16.0 Å². The van der Waals surface area contributed by atoms with Crippen LogP contribution in [0.15, 0.2) is 130 Å². The van der Waals surface area contributed by atoms with Crippen molar-refractivity contribution in [3.8, 4) is 22.5 Å². The van der Waals surface area contributed by atoms with Gasteiger partial charge in [0.15, 0.2) is 0 Å². The summed E-state index contributed by atoms with van der Waals surface area (Å²) in [7, 11) is -4.52. The molecule has 0 saturated carbocycles. The van der Waals surface area contributed by atoms with Crippen molar-refractivity contribution >= 4 is 49.7 Å². The summed E-state index contributed by atoms with van der Waals surface area (Å²) < 4.78 is 41.2. The quantitative estimate of drug-likeness (QED) is 0.141. The van der Waals surface area contributed by atoms with E-state index in [0.29, 0.717) is 50.2 Å². The lowest BCUT2D eigenvalue weighted by molar-refractivity contribution is -0.114. The van der Waals surface area contributed by atoms with Crippen LogP contribution in [0, 0.1) is 0 Å². The third kappa shape index (κ3) is 5.64. The Balaban J connectivity index is 1.55. The summed E-state index contributed by atoms with van der Waals surface area (Å²) in [5, 5.41) is 7.38. The highest BCUT2D eigenvalue weighted by Crippen LogP contribution is 2.42. The Bertz CT molecular complexity index is 2090. The van der Waals surface area contributed by atoms with E-state index in [1.807, 2.05) is 60.7 Å². The molecule has 42 heavy (non-hydrogen) atoms. The summed E-state index contributed by atoms with van der Waals surface area (Å²) in [6, 6.07) is 34.2. The average Bonchev–Trinajstić information content (AvgIpc) is 2.97. The number of rotatable bonds is 6. The van der Waals surface area contributed by atoms with E-state index in [4.69, 9.17) is 9.41 Å². The molecule has 2 aliphatic rings. The summed E-state index contributed by atoms with van der Waals surface area (Å²) in [6.07, 6.45) is 0. The van der Waals surface area contributed by atoms with E-state index < -0.39 is 10.1 Å². The lowest BCUT2D eigenvalue weighted by atomic mass is 9.93. The van der Waals surface area contributed by atoms with Crippen LogP contribution in [0.5, 0.6) is 0 Å². The van der Waals surface area contributed by atoms with E-state index >= 15 is 0 Å². The SMILES string of the molecule is CC(=O)Nc1ccc(N=c2ccc3c(-c4ccccc4S(=O)(=O)O)c4ccc(Nc5ccccc5)cc4oc-3c2)cc1. The first kappa shape index (κ1) is 26.9. The molecular weight excluding hydrogens is 550 g/mol. The normalized spacial score (nSPS) is 12.0. The number of nitrogens with one attached hydrogen (secondary N) is 2. The summed E-state index contributed by atoms with van der Waals surface area (Å²) in [6.45, 7) is 1.45. The average molecular weight is 576 g/mol. The molecule has 208 valence electrons. The molecule has 0 aromatic heterocycles. The Morgan fingerprint density at radius 1 is 0.762 bits per heavy atom. The van der Waals surface area contributed by atoms with Gasteiger partial charge in [-0.05, 0) is 66.7 Å². The van der Waals surface area contributed by atoms with Crippen LogP contribution in [-0.2, 0) is 14.9 Å². The van der Waals surface area contributed by atoms with Crippen LogP contribution in [0.3, 0.4) is 0 Å². The van der Waals surface area contributed by atoms with Gasteiger partial charge in [0.2, 0.25) is 5.91 Å². The first-order chi connectivity index (χ1) is 20.2. The van der Waals surface area contributed by atoms with Gasteiger partial charge in [-0.15, -0.1) is 0 Å². The van der Waals surface area contributed by atoms with Crippen LogP contribution in [0.2, 0.25) is 0 Å². The van der Waals surface area contributed by atoms with Gasteiger partial charge in [0.25, 0.3) is 10.1 Å². The highest BCUT2D eigenvalue weighted by atomic mass is 32.2. The summed E-state index contributed by atoms with van der Waals surface area (Å²) in [5.41, 5.74) is 5.16. The minimum Gasteiger partial charge on any atom is -0.456 e. The maximum absolute atomic E-state index is 12.4. The van der Waals surface area contributed by atoms with Crippen molar-refractivity contribution in [3.05, 3.63) is 121 Å². The van der Waals surface area contributed by atoms with E-state index in [1.54, 1.807) is 48.5 Å². The van der Waals surface area contributed by atoms with Gasteiger partial charge < -0.3 is 15.1 Å².